The monoisotopic (exact) mass is 389 g/mol. The van der Waals surface area contributed by atoms with Crippen molar-refractivity contribution in [3.05, 3.63) is 42.0 Å². The Kier molecular flexibility index (Phi) is 7.50. The Morgan fingerprint density at radius 1 is 0.893 bits per heavy atom. The Labute approximate surface area is 163 Å². The van der Waals surface area contributed by atoms with Gasteiger partial charge in [0.1, 0.15) is 11.5 Å². The first-order chi connectivity index (χ1) is 13.5. The van der Waals surface area contributed by atoms with E-state index in [0.717, 1.165) is 0 Å². The standard InChI is InChI=1S/C20H23NO7/c1-5-27-17-7-6-13(8-18(17)26-4)20(23)28-12-19(22)21-14-9-15(24-2)11-16(10-14)25-3/h6-11H,5,12H2,1-4H3,(H,21,22). The first kappa shape index (κ1) is 20.9. The van der Waals surface area contributed by atoms with Gasteiger partial charge < -0.3 is 29.0 Å². The zero-order valence-corrected chi connectivity index (χ0v) is 16.2. The largest absolute Gasteiger partial charge is 0.497 e. The lowest BCUT2D eigenvalue weighted by molar-refractivity contribution is -0.119. The van der Waals surface area contributed by atoms with Crippen LogP contribution in [0.2, 0.25) is 0 Å². The maximum atomic E-state index is 12.2. The molecule has 0 fully saturated rings. The van der Waals surface area contributed by atoms with E-state index in [4.69, 9.17) is 23.7 Å². The van der Waals surface area contributed by atoms with Gasteiger partial charge in [0.25, 0.3) is 5.91 Å². The summed E-state index contributed by atoms with van der Waals surface area (Å²) in [5, 5.41) is 2.63. The Bertz CT molecular complexity index is 813. The number of amides is 1. The van der Waals surface area contributed by atoms with Crippen LogP contribution >= 0.6 is 0 Å². The molecule has 0 atom stereocenters. The van der Waals surface area contributed by atoms with Crippen LogP contribution in [0.15, 0.2) is 36.4 Å². The molecule has 0 aromatic heterocycles. The van der Waals surface area contributed by atoms with Crippen molar-refractivity contribution in [3.63, 3.8) is 0 Å². The lowest BCUT2D eigenvalue weighted by Gasteiger charge is -2.11. The number of benzene rings is 2. The summed E-state index contributed by atoms with van der Waals surface area (Å²) in [5.41, 5.74) is 0.705. The molecule has 0 bridgehead atoms. The summed E-state index contributed by atoms with van der Waals surface area (Å²) in [6, 6.07) is 9.58. The third-order valence-corrected chi connectivity index (χ3v) is 3.67. The molecule has 150 valence electrons. The summed E-state index contributed by atoms with van der Waals surface area (Å²) in [6.45, 7) is 1.86. The molecule has 28 heavy (non-hydrogen) atoms. The fourth-order valence-corrected chi connectivity index (χ4v) is 2.36. The first-order valence-corrected chi connectivity index (χ1v) is 8.51. The number of rotatable bonds is 9. The number of ether oxygens (including phenoxy) is 5. The molecule has 0 heterocycles. The van der Waals surface area contributed by atoms with Crippen molar-refractivity contribution >= 4 is 17.6 Å². The highest BCUT2D eigenvalue weighted by Crippen LogP contribution is 2.28. The Morgan fingerprint density at radius 3 is 2.14 bits per heavy atom. The third kappa shape index (κ3) is 5.54. The highest BCUT2D eigenvalue weighted by atomic mass is 16.5. The van der Waals surface area contributed by atoms with E-state index in [1.165, 1.54) is 27.4 Å². The van der Waals surface area contributed by atoms with Gasteiger partial charge in [-0.15, -0.1) is 0 Å². The molecule has 0 unspecified atom stereocenters. The van der Waals surface area contributed by atoms with E-state index in [1.54, 1.807) is 30.3 Å². The molecule has 1 amide bonds. The average Bonchev–Trinajstić information content (AvgIpc) is 2.72. The van der Waals surface area contributed by atoms with Crippen molar-refractivity contribution in [2.75, 3.05) is 39.9 Å². The molecular weight excluding hydrogens is 366 g/mol. The number of hydrogen-bond donors (Lipinski definition) is 1. The van der Waals surface area contributed by atoms with Crippen LogP contribution in [0.25, 0.3) is 0 Å². The molecule has 0 aliphatic carbocycles. The van der Waals surface area contributed by atoms with Gasteiger partial charge in [0.05, 0.1) is 33.5 Å². The highest BCUT2D eigenvalue weighted by Gasteiger charge is 2.14. The predicted molar refractivity (Wildman–Crippen MR) is 103 cm³/mol. The Balaban J connectivity index is 1.98. The van der Waals surface area contributed by atoms with Crippen LogP contribution in [-0.4, -0.2) is 46.4 Å². The molecule has 2 rings (SSSR count). The predicted octanol–water partition coefficient (Wildman–Crippen LogP) is 2.91. The maximum absolute atomic E-state index is 12.2. The topological polar surface area (TPSA) is 92.3 Å². The minimum absolute atomic E-state index is 0.246. The van der Waals surface area contributed by atoms with Gasteiger partial charge in [-0.05, 0) is 25.1 Å². The number of carbonyl (C=O) groups is 2. The van der Waals surface area contributed by atoms with Crippen molar-refractivity contribution in [2.45, 2.75) is 6.92 Å². The van der Waals surface area contributed by atoms with Crippen molar-refractivity contribution < 1.29 is 33.3 Å². The fourth-order valence-electron chi connectivity index (χ4n) is 2.36. The lowest BCUT2D eigenvalue weighted by Crippen LogP contribution is -2.21. The summed E-state index contributed by atoms with van der Waals surface area (Å²) < 4.78 is 26.0. The van der Waals surface area contributed by atoms with E-state index in [1.807, 2.05) is 6.92 Å². The summed E-state index contributed by atoms with van der Waals surface area (Å²) in [4.78, 5) is 24.3. The van der Waals surface area contributed by atoms with Crippen LogP contribution in [0.4, 0.5) is 5.69 Å². The van der Waals surface area contributed by atoms with Crippen LogP contribution in [0.1, 0.15) is 17.3 Å². The van der Waals surface area contributed by atoms with E-state index in [9.17, 15) is 9.59 Å². The minimum atomic E-state index is -0.653. The number of hydrogen-bond acceptors (Lipinski definition) is 7. The summed E-state index contributed by atoms with van der Waals surface area (Å²) in [6.07, 6.45) is 0. The molecular formula is C20H23NO7. The van der Waals surface area contributed by atoms with Crippen molar-refractivity contribution in [2.24, 2.45) is 0 Å². The SMILES string of the molecule is CCOc1ccc(C(=O)OCC(=O)Nc2cc(OC)cc(OC)c2)cc1OC. The molecule has 1 N–H and O–H groups in total. The van der Waals surface area contributed by atoms with E-state index in [-0.39, 0.29) is 5.56 Å². The van der Waals surface area contributed by atoms with Crippen molar-refractivity contribution in [1.29, 1.82) is 0 Å². The molecule has 0 spiro atoms. The molecule has 8 heteroatoms. The smallest absolute Gasteiger partial charge is 0.338 e. The van der Waals surface area contributed by atoms with E-state index in [0.29, 0.717) is 35.3 Å². The van der Waals surface area contributed by atoms with Crippen molar-refractivity contribution in [3.8, 4) is 23.0 Å². The maximum Gasteiger partial charge on any atom is 0.338 e. The van der Waals surface area contributed by atoms with Gasteiger partial charge in [-0.25, -0.2) is 4.79 Å². The van der Waals surface area contributed by atoms with E-state index >= 15 is 0 Å². The number of methoxy groups -OCH3 is 3. The Morgan fingerprint density at radius 2 is 1.57 bits per heavy atom. The second-order valence-corrected chi connectivity index (χ2v) is 5.52. The van der Waals surface area contributed by atoms with E-state index < -0.39 is 18.5 Å². The molecule has 0 saturated carbocycles. The summed E-state index contributed by atoms with van der Waals surface area (Å²) >= 11 is 0. The molecule has 0 aliphatic rings. The van der Waals surface area contributed by atoms with Gasteiger partial charge in [0.2, 0.25) is 0 Å². The zero-order valence-electron chi connectivity index (χ0n) is 16.2. The molecule has 0 saturated heterocycles. The van der Waals surface area contributed by atoms with Crippen LogP contribution in [-0.2, 0) is 9.53 Å². The number of nitrogens with one attached hydrogen (secondary N) is 1. The van der Waals surface area contributed by atoms with Gasteiger partial charge in [0.15, 0.2) is 18.1 Å². The molecule has 2 aromatic carbocycles. The van der Waals surface area contributed by atoms with Crippen molar-refractivity contribution in [1.82, 2.24) is 0 Å². The second-order valence-electron chi connectivity index (χ2n) is 5.52. The Hall–Kier alpha value is -3.42. The van der Waals surface area contributed by atoms with Gasteiger partial charge in [-0.3, -0.25) is 4.79 Å². The van der Waals surface area contributed by atoms with Crippen LogP contribution in [0.3, 0.4) is 0 Å². The second kappa shape index (κ2) is 10.1. The summed E-state index contributed by atoms with van der Waals surface area (Å²) in [7, 11) is 4.49. The third-order valence-electron chi connectivity index (χ3n) is 3.67. The number of carbonyl (C=O) groups excluding carboxylic acids is 2. The lowest BCUT2D eigenvalue weighted by atomic mass is 10.2. The summed E-state index contributed by atoms with van der Waals surface area (Å²) in [5.74, 6) is 0.818. The normalized spacial score (nSPS) is 10.0. The van der Waals surface area contributed by atoms with Crippen LogP contribution < -0.4 is 24.3 Å². The van der Waals surface area contributed by atoms with Crippen LogP contribution in [0.5, 0.6) is 23.0 Å². The molecule has 2 aromatic rings. The van der Waals surface area contributed by atoms with Gasteiger partial charge in [0, 0.05) is 23.9 Å². The van der Waals surface area contributed by atoms with Gasteiger partial charge in [-0.1, -0.05) is 0 Å². The first-order valence-electron chi connectivity index (χ1n) is 8.51. The van der Waals surface area contributed by atoms with Gasteiger partial charge >= 0.3 is 5.97 Å². The number of esters is 1. The average molecular weight is 389 g/mol. The van der Waals surface area contributed by atoms with Gasteiger partial charge in [-0.2, -0.15) is 0 Å². The minimum Gasteiger partial charge on any atom is -0.497 e. The molecule has 0 aliphatic heterocycles. The quantitative estimate of drug-likeness (QED) is 0.659. The van der Waals surface area contributed by atoms with Crippen LogP contribution in [0, 0.1) is 0 Å². The van der Waals surface area contributed by atoms with E-state index in [2.05, 4.69) is 5.32 Å². The highest BCUT2D eigenvalue weighted by molar-refractivity contribution is 5.96. The fraction of sp³-hybridized carbons (Fsp3) is 0.300. The number of anilines is 1. The zero-order chi connectivity index (χ0) is 20.5. The molecule has 0 radical (unpaired) electrons. The molecule has 8 nitrogen and oxygen atoms in total.